The number of rotatable bonds is 3. The van der Waals surface area contributed by atoms with Gasteiger partial charge in [0, 0.05) is 18.5 Å². The first-order valence-corrected chi connectivity index (χ1v) is 10.1. The third-order valence-corrected chi connectivity index (χ3v) is 6.17. The summed E-state index contributed by atoms with van der Waals surface area (Å²) in [6.07, 6.45) is 2.38. The van der Waals surface area contributed by atoms with Crippen molar-refractivity contribution in [1.29, 1.82) is 0 Å². The number of halogens is 2. The molecular formula is C23H19F2N3O3. The lowest BCUT2D eigenvalue weighted by atomic mass is 9.80. The van der Waals surface area contributed by atoms with Crippen molar-refractivity contribution in [3.05, 3.63) is 93.4 Å². The van der Waals surface area contributed by atoms with Gasteiger partial charge in [-0.25, -0.2) is 8.78 Å². The van der Waals surface area contributed by atoms with Gasteiger partial charge in [-0.15, -0.1) is 0 Å². The summed E-state index contributed by atoms with van der Waals surface area (Å²) in [6, 6.07) is 11.7. The highest BCUT2D eigenvalue weighted by Crippen LogP contribution is 2.45. The van der Waals surface area contributed by atoms with Crippen LogP contribution in [0.3, 0.4) is 0 Å². The van der Waals surface area contributed by atoms with Crippen LogP contribution in [0.4, 0.5) is 8.78 Å². The molecule has 0 spiro atoms. The monoisotopic (exact) mass is 423 g/mol. The van der Waals surface area contributed by atoms with E-state index in [4.69, 9.17) is 0 Å². The molecule has 2 aliphatic rings. The number of aromatic nitrogens is 2. The zero-order valence-corrected chi connectivity index (χ0v) is 16.4. The minimum Gasteiger partial charge on any atom is -0.502 e. The summed E-state index contributed by atoms with van der Waals surface area (Å²) in [7, 11) is 0. The molecule has 5 rings (SSSR count). The molecule has 3 aromatic rings. The van der Waals surface area contributed by atoms with Gasteiger partial charge in [-0.1, -0.05) is 30.3 Å². The minimum atomic E-state index is -0.746. The predicted octanol–water partition coefficient (Wildman–Crippen LogP) is 3.22. The topological polar surface area (TPSA) is 75.4 Å². The van der Waals surface area contributed by atoms with Gasteiger partial charge < -0.3 is 10.0 Å². The number of benzene rings is 2. The molecule has 1 fully saturated rings. The molecule has 3 atom stereocenters. The van der Waals surface area contributed by atoms with Crippen LogP contribution < -0.4 is 5.43 Å². The number of carbonyl (C=O) groups is 1. The molecule has 2 aromatic carbocycles. The molecule has 1 aromatic heterocycles. The zero-order chi connectivity index (χ0) is 21.7. The van der Waals surface area contributed by atoms with Crippen LogP contribution in [0.5, 0.6) is 5.75 Å². The van der Waals surface area contributed by atoms with Crippen molar-refractivity contribution in [1.82, 2.24) is 14.7 Å². The van der Waals surface area contributed by atoms with Crippen LogP contribution in [-0.2, 0) is 0 Å². The van der Waals surface area contributed by atoms with Gasteiger partial charge >= 0.3 is 0 Å². The Balaban J connectivity index is 1.79. The molecule has 0 unspecified atom stereocenters. The summed E-state index contributed by atoms with van der Waals surface area (Å²) in [5, 5.41) is 14.6. The van der Waals surface area contributed by atoms with Crippen LogP contribution in [0.2, 0.25) is 0 Å². The van der Waals surface area contributed by atoms with Crippen molar-refractivity contribution in [2.45, 2.75) is 30.8 Å². The minimum absolute atomic E-state index is 0.187. The molecule has 158 valence electrons. The van der Waals surface area contributed by atoms with E-state index in [0.29, 0.717) is 18.5 Å². The summed E-state index contributed by atoms with van der Waals surface area (Å²) >= 11 is 0. The second kappa shape index (κ2) is 7.30. The molecule has 1 saturated heterocycles. The zero-order valence-electron chi connectivity index (χ0n) is 16.4. The van der Waals surface area contributed by atoms with Gasteiger partial charge in [0.25, 0.3) is 5.91 Å². The molecule has 0 radical (unpaired) electrons. The van der Waals surface area contributed by atoms with E-state index in [9.17, 15) is 23.5 Å². The van der Waals surface area contributed by atoms with Crippen molar-refractivity contribution in [2.24, 2.45) is 0 Å². The first-order chi connectivity index (χ1) is 15.0. The summed E-state index contributed by atoms with van der Waals surface area (Å²) in [5.74, 6) is -3.10. The fourth-order valence-corrected chi connectivity index (χ4v) is 4.95. The van der Waals surface area contributed by atoms with E-state index in [0.717, 1.165) is 24.2 Å². The third kappa shape index (κ3) is 3.10. The summed E-state index contributed by atoms with van der Waals surface area (Å²) in [6.45, 7) is 0.474. The Morgan fingerprint density at radius 1 is 1.03 bits per heavy atom. The molecule has 8 heteroatoms. The van der Waals surface area contributed by atoms with Crippen LogP contribution in [-0.4, -0.2) is 38.3 Å². The Hall–Kier alpha value is -3.55. The van der Waals surface area contributed by atoms with E-state index >= 15 is 0 Å². The largest absolute Gasteiger partial charge is 0.502 e. The number of hydrogen-bond acceptors (Lipinski definition) is 4. The molecule has 2 aliphatic heterocycles. The van der Waals surface area contributed by atoms with E-state index in [1.165, 1.54) is 16.8 Å². The van der Waals surface area contributed by atoms with E-state index < -0.39 is 40.7 Å². The average Bonchev–Trinajstić information content (AvgIpc) is 3.23. The van der Waals surface area contributed by atoms with Gasteiger partial charge in [0.05, 0.1) is 18.3 Å². The second-order valence-corrected chi connectivity index (χ2v) is 7.94. The summed E-state index contributed by atoms with van der Waals surface area (Å²) in [4.78, 5) is 26.7. The quantitative estimate of drug-likeness (QED) is 0.702. The van der Waals surface area contributed by atoms with Crippen LogP contribution in [0.1, 0.15) is 46.4 Å². The third-order valence-electron chi connectivity index (χ3n) is 6.17. The van der Waals surface area contributed by atoms with Gasteiger partial charge in [-0.2, -0.15) is 5.10 Å². The average molecular weight is 423 g/mol. The number of nitrogens with zero attached hydrogens (tertiary/aromatic N) is 3. The molecule has 0 aliphatic carbocycles. The predicted molar refractivity (Wildman–Crippen MR) is 108 cm³/mol. The van der Waals surface area contributed by atoms with Crippen LogP contribution >= 0.6 is 0 Å². The Morgan fingerprint density at radius 3 is 2.45 bits per heavy atom. The lowest BCUT2D eigenvalue weighted by molar-refractivity contribution is 0.0565. The number of hydrogen-bond donors (Lipinski definition) is 1. The second-order valence-electron chi connectivity index (χ2n) is 7.94. The maximum Gasteiger partial charge on any atom is 0.276 e. The van der Waals surface area contributed by atoms with E-state index in [2.05, 4.69) is 5.10 Å². The SMILES string of the molecule is O=C1c2c(O)c(=O)cnn2[C@@H]([C@H](c2ccccc2)c2cc(F)cc(F)c2)[C@H]2CCCN12. The molecule has 0 saturated carbocycles. The molecule has 0 bridgehead atoms. The molecule has 31 heavy (non-hydrogen) atoms. The van der Waals surface area contributed by atoms with Crippen molar-refractivity contribution < 1.29 is 18.7 Å². The van der Waals surface area contributed by atoms with E-state index in [-0.39, 0.29) is 11.7 Å². The Kier molecular flexibility index (Phi) is 4.57. The maximum absolute atomic E-state index is 14.2. The van der Waals surface area contributed by atoms with E-state index in [1.807, 2.05) is 30.3 Å². The Morgan fingerprint density at radius 2 is 1.74 bits per heavy atom. The molecule has 3 heterocycles. The van der Waals surface area contributed by atoms with Crippen molar-refractivity contribution >= 4 is 5.91 Å². The van der Waals surface area contributed by atoms with Gasteiger partial charge in [0.2, 0.25) is 5.43 Å². The molecule has 1 amide bonds. The number of carbonyl (C=O) groups excluding carboxylic acids is 1. The molecule has 6 nitrogen and oxygen atoms in total. The Labute approximate surface area is 176 Å². The van der Waals surface area contributed by atoms with Crippen molar-refractivity contribution in [2.75, 3.05) is 6.54 Å². The molecule has 1 N–H and O–H groups in total. The van der Waals surface area contributed by atoms with Crippen LogP contribution in [0.25, 0.3) is 0 Å². The lowest BCUT2D eigenvalue weighted by Crippen LogP contribution is -2.50. The highest BCUT2D eigenvalue weighted by molar-refractivity contribution is 5.96. The highest BCUT2D eigenvalue weighted by Gasteiger charge is 2.48. The summed E-state index contributed by atoms with van der Waals surface area (Å²) in [5.41, 5.74) is 0.239. The maximum atomic E-state index is 14.2. The van der Waals surface area contributed by atoms with Gasteiger partial charge in [-0.3, -0.25) is 14.3 Å². The smallest absolute Gasteiger partial charge is 0.276 e. The van der Waals surface area contributed by atoms with Crippen molar-refractivity contribution in [3.63, 3.8) is 0 Å². The Bertz CT molecular complexity index is 1210. The van der Waals surface area contributed by atoms with Gasteiger partial charge in [0.15, 0.2) is 11.4 Å². The van der Waals surface area contributed by atoms with Crippen LogP contribution in [0.15, 0.2) is 59.5 Å². The van der Waals surface area contributed by atoms with E-state index in [1.54, 1.807) is 4.90 Å². The normalized spacial score (nSPS) is 21.0. The standard InChI is InChI=1S/C23H19F2N3O3/c24-15-9-14(10-16(25)11-15)19(13-5-2-1-3-6-13)20-17-7-4-8-27(17)23(31)21-22(30)18(29)12-26-28(20)21/h1-3,5-6,9-12,17,19-20,30H,4,7-8H2/t17-,19-,20-/m1/s1. The van der Waals surface area contributed by atoms with Gasteiger partial charge in [-0.05, 0) is 36.1 Å². The first-order valence-electron chi connectivity index (χ1n) is 10.1. The van der Waals surface area contributed by atoms with Gasteiger partial charge in [0.1, 0.15) is 11.6 Å². The number of fused-ring (bicyclic) bond motifs is 2. The first kappa shape index (κ1) is 19.4. The fraction of sp³-hybridized carbons (Fsp3) is 0.261. The lowest BCUT2D eigenvalue weighted by Gasteiger charge is -2.42. The number of amides is 1. The highest BCUT2D eigenvalue weighted by atomic mass is 19.1. The van der Waals surface area contributed by atoms with Crippen molar-refractivity contribution in [3.8, 4) is 5.75 Å². The summed E-state index contributed by atoms with van der Waals surface area (Å²) < 4.78 is 29.8. The fourth-order valence-electron chi connectivity index (χ4n) is 4.95. The molecular weight excluding hydrogens is 404 g/mol. The van der Waals surface area contributed by atoms with Crippen LogP contribution in [0, 0.1) is 11.6 Å². The number of aromatic hydroxyl groups is 1.